The van der Waals surface area contributed by atoms with Gasteiger partial charge in [-0.15, -0.1) is 0 Å². The summed E-state index contributed by atoms with van der Waals surface area (Å²) in [4.78, 5) is 0. The molecule has 1 aliphatic carbocycles. The van der Waals surface area contributed by atoms with Gasteiger partial charge in [-0.25, -0.2) is 0 Å². The maximum absolute atomic E-state index is 5.87. The largest absolute Gasteiger partial charge is 0.384 e. The summed E-state index contributed by atoms with van der Waals surface area (Å²) >= 11 is 0. The lowest BCUT2D eigenvalue weighted by Gasteiger charge is -2.46. The highest BCUT2D eigenvalue weighted by atomic mass is 16.5. The van der Waals surface area contributed by atoms with Crippen LogP contribution in [0.2, 0.25) is 0 Å². The molecule has 0 radical (unpaired) electrons. The number of methoxy groups -OCH3 is 1. The van der Waals surface area contributed by atoms with Crippen molar-refractivity contribution in [1.29, 1.82) is 0 Å². The van der Waals surface area contributed by atoms with Crippen LogP contribution in [0.3, 0.4) is 0 Å². The molecule has 1 saturated carbocycles. The molecule has 2 nitrogen and oxygen atoms in total. The Morgan fingerprint density at radius 3 is 2.50 bits per heavy atom. The molecule has 2 heteroatoms. The molecule has 14 heavy (non-hydrogen) atoms. The Morgan fingerprint density at radius 2 is 2.00 bits per heavy atom. The number of nitrogens with two attached hydrogens (primary N) is 1. The molecule has 1 aromatic rings. The maximum atomic E-state index is 5.87. The van der Waals surface area contributed by atoms with E-state index in [1.807, 2.05) is 6.07 Å². The molecule has 1 fully saturated rings. The van der Waals surface area contributed by atoms with Gasteiger partial charge < -0.3 is 10.5 Å². The molecule has 1 aliphatic rings. The van der Waals surface area contributed by atoms with E-state index in [1.54, 1.807) is 7.11 Å². The average Bonchev–Trinajstić information content (AvgIpc) is 2.17. The second-order valence-corrected chi connectivity index (χ2v) is 4.25. The van der Waals surface area contributed by atoms with Crippen LogP contribution < -0.4 is 5.73 Å². The summed E-state index contributed by atoms with van der Waals surface area (Å²) in [6.45, 7) is 0.782. The Balaban J connectivity index is 2.20. The van der Waals surface area contributed by atoms with Gasteiger partial charge in [0.2, 0.25) is 0 Å². The van der Waals surface area contributed by atoms with Crippen molar-refractivity contribution in [3.8, 4) is 0 Å². The maximum Gasteiger partial charge on any atom is 0.0560 e. The number of hydrogen-bond acceptors (Lipinski definition) is 2. The van der Waals surface area contributed by atoms with Crippen molar-refractivity contribution in [2.75, 3.05) is 13.7 Å². The Hall–Kier alpha value is -0.860. The lowest BCUT2D eigenvalue weighted by Crippen LogP contribution is -2.51. The summed E-state index contributed by atoms with van der Waals surface area (Å²) in [5.74, 6) is 0. The summed E-state index contributed by atoms with van der Waals surface area (Å²) in [6.07, 6.45) is 2.09. The van der Waals surface area contributed by atoms with E-state index in [-0.39, 0.29) is 5.41 Å². The minimum atomic E-state index is 0.190. The zero-order chi connectivity index (χ0) is 10.0. The second kappa shape index (κ2) is 3.71. The topological polar surface area (TPSA) is 35.2 Å². The fourth-order valence-corrected chi connectivity index (χ4v) is 2.45. The van der Waals surface area contributed by atoms with E-state index in [1.165, 1.54) is 5.56 Å². The monoisotopic (exact) mass is 191 g/mol. The molecule has 0 atom stereocenters. The van der Waals surface area contributed by atoms with Crippen LogP contribution >= 0.6 is 0 Å². The van der Waals surface area contributed by atoms with E-state index < -0.39 is 0 Å². The third-order valence-electron chi connectivity index (χ3n) is 3.11. The fraction of sp³-hybridized carbons (Fsp3) is 0.500. The Bertz CT molecular complexity index is 285. The molecule has 2 rings (SSSR count). The normalized spacial score (nSPS) is 31.1. The molecule has 0 amide bonds. The first kappa shape index (κ1) is 9.69. The van der Waals surface area contributed by atoms with Crippen molar-refractivity contribution in [2.24, 2.45) is 5.73 Å². The van der Waals surface area contributed by atoms with E-state index in [0.717, 1.165) is 19.4 Å². The van der Waals surface area contributed by atoms with Gasteiger partial charge >= 0.3 is 0 Å². The van der Waals surface area contributed by atoms with Gasteiger partial charge in [-0.2, -0.15) is 0 Å². The highest BCUT2D eigenvalue weighted by molar-refractivity contribution is 5.29. The summed E-state index contributed by atoms with van der Waals surface area (Å²) in [6, 6.07) is 10.9. The van der Waals surface area contributed by atoms with Crippen LogP contribution in [-0.2, 0) is 10.2 Å². The van der Waals surface area contributed by atoms with Gasteiger partial charge in [0.25, 0.3) is 0 Å². The van der Waals surface area contributed by atoms with E-state index in [9.17, 15) is 0 Å². The van der Waals surface area contributed by atoms with Gasteiger partial charge in [0.15, 0.2) is 0 Å². The lowest BCUT2D eigenvalue weighted by molar-refractivity contribution is 0.0662. The van der Waals surface area contributed by atoms with Crippen LogP contribution in [0.25, 0.3) is 0 Å². The highest BCUT2D eigenvalue weighted by Crippen LogP contribution is 2.42. The van der Waals surface area contributed by atoms with Crippen molar-refractivity contribution in [2.45, 2.75) is 24.3 Å². The van der Waals surface area contributed by atoms with Crippen molar-refractivity contribution >= 4 is 0 Å². The van der Waals surface area contributed by atoms with Crippen molar-refractivity contribution in [1.82, 2.24) is 0 Å². The van der Waals surface area contributed by atoms with Gasteiger partial charge in [-0.05, 0) is 18.4 Å². The minimum absolute atomic E-state index is 0.190. The molecule has 76 valence electrons. The van der Waals surface area contributed by atoms with Gasteiger partial charge in [0.1, 0.15) is 0 Å². The Labute approximate surface area is 85.1 Å². The van der Waals surface area contributed by atoms with Gasteiger partial charge in [-0.3, -0.25) is 0 Å². The van der Waals surface area contributed by atoms with Crippen LogP contribution in [0, 0.1) is 0 Å². The fourth-order valence-electron chi connectivity index (χ4n) is 2.45. The average molecular weight is 191 g/mol. The van der Waals surface area contributed by atoms with Crippen LogP contribution in [0.1, 0.15) is 18.4 Å². The minimum Gasteiger partial charge on any atom is -0.384 e. The van der Waals surface area contributed by atoms with Gasteiger partial charge in [0.05, 0.1) is 6.61 Å². The van der Waals surface area contributed by atoms with E-state index in [2.05, 4.69) is 24.3 Å². The smallest absolute Gasteiger partial charge is 0.0560 e. The number of benzene rings is 1. The Morgan fingerprint density at radius 1 is 1.36 bits per heavy atom. The molecule has 0 saturated heterocycles. The first-order valence-electron chi connectivity index (χ1n) is 5.07. The Kier molecular flexibility index (Phi) is 2.57. The van der Waals surface area contributed by atoms with E-state index in [4.69, 9.17) is 10.5 Å². The van der Waals surface area contributed by atoms with Crippen molar-refractivity contribution in [3.05, 3.63) is 35.9 Å². The van der Waals surface area contributed by atoms with Crippen LogP contribution in [0.4, 0.5) is 0 Å². The number of ether oxygens (including phenoxy) is 1. The molecule has 0 spiro atoms. The summed E-state index contributed by atoms with van der Waals surface area (Å²) in [5, 5.41) is 0. The van der Waals surface area contributed by atoms with Crippen LogP contribution in [0.15, 0.2) is 30.3 Å². The number of rotatable bonds is 3. The predicted molar refractivity (Wildman–Crippen MR) is 57.2 cm³/mol. The number of hydrogen-bond donors (Lipinski definition) is 1. The molecular weight excluding hydrogens is 174 g/mol. The van der Waals surface area contributed by atoms with Crippen molar-refractivity contribution < 1.29 is 4.74 Å². The summed E-state index contributed by atoms with van der Waals surface area (Å²) in [5.41, 5.74) is 7.42. The molecule has 0 unspecified atom stereocenters. The molecular formula is C12H17NO. The first-order valence-corrected chi connectivity index (χ1v) is 5.07. The molecule has 0 aromatic heterocycles. The molecule has 2 N–H and O–H groups in total. The standard InChI is InChI=1S/C12H17NO/c1-14-9-12(7-11(13)8-12)10-5-3-2-4-6-10/h2-6,11H,7-9,13H2,1H3. The van der Waals surface area contributed by atoms with E-state index >= 15 is 0 Å². The first-order chi connectivity index (χ1) is 6.77. The van der Waals surface area contributed by atoms with E-state index in [0.29, 0.717) is 6.04 Å². The molecule has 1 aromatic carbocycles. The SMILES string of the molecule is COCC1(c2ccccc2)CC(N)C1. The summed E-state index contributed by atoms with van der Waals surface area (Å²) < 4.78 is 5.30. The van der Waals surface area contributed by atoms with Gasteiger partial charge in [0, 0.05) is 18.6 Å². The third-order valence-corrected chi connectivity index (χ3v) is 3.11. The molecule has 0 bridgehead atoms. The second-order valence-electron chi connectivity index (χ2n) is 4.25. The molecule has 0 aliphatic heterocycles. The zero-order valence-corrected chi connectivity index (χ0v) is 8.57. The van der Waals surface area contributed by atoms with Crippen LogP contribution in [-0.4, -0.2) is 19.8 Å². The highest BCUT2D eigenvalue weighted by Gasteiger charge is 2.43. The van der Waals surface area contributed by atoms with Gasteiger partial charge in [-0.1, -0.05) is 30.3 Å². The lowest BCUT2D eigenvalue weighted by atomic mass is 9.62. The van der Waals surface area contributed by atoms with Crippen molar-refractivity contribution in [3.63, 3.8) is 0 Å². The summed E-state index contributed by atoms with van der Waals surface area (Å²) in [7, 11) is 1.76. The third kappa shape index (κ3) is 1.56. The van der Waals surface area contributed by atoms with Crippen LogP contribution in [0.5, 0.6) is 0 Å². The predicted octanol–water partition coefficient (Wildman–Crippen LogP) is 1.69. The quantitative estimate of drug-likeness (QED) is 0.789. The zero-order valence-electron chi connectivity index (χ0n) is 8.57. The molecule has 0 heterocycles.